The molecule has 2 aliphatic rings. The molecule has 0 saturated heterocycles. The first-order chi connectivity index (χ1) is 6.38. The SMILES string of the molecule is COC1CC(NC2=NCCCC2)C1. The lowest BCUT2D eigenvalue weighted by Crippen LogP contribution is -2.47. The first-order valence-electron chi connectivity index (χ1n) is 5.21. The van der Waals surface area contributed by atoms with E-state index in [2.05, 4.69) is 10.3 Å². The van der Waals surface area contributed by atoms with Gasteiger partial charge in [0.05, 0.1) is 11.9 Å². The number of nitrogens with zero attached hydrogens (tertiary/aromatic N) is 1. The summed E-state index contributed by atoms with van der Waals surface area (Å²) in [5.41, 5.74) is 0. The number of methoxy groups -OCH3 is 1. The van der Waals surface area contributed by atoms with Crippen LogP contribution in [0.3, 0.4) is 0 Å². The number of aliphatic imine (C=N–C) groups is 1. The van der Waals surface area contributed by atoms with Crippen molar-refractivity contribution in [2.45, 2.75) is 44.2 Å². The Morgan fingerprint density at radius 2 is 2.23 bits per heavy atom. The van der Waals surface area contributed by atoms with Gasteiger partial charge in [-0.2, -0.15) is 0 Å². The van der Waals surface area contributed by atoms with Gasteiger partial charge in [-0.1, -0.05) is 0 Å². The van der Waals surface area contributed by atoms with E-state index in [0.717, 1.165) is 25.8 Å². The predicted molar refractivity (Wildman–Crippen MR) is 53.1 cm³/mol. The lowest BCUT2D eigenvalue weighted by Gasteiger charge is -2.36. The van der Waals surface area contributed by atoms with Gasteiger partial charge in [0.15, 0.2) is 0 Å². The molecule has 0 spiro atoms. The van der Waals surface area contributed by atoms with E-state index >= 15 is 0 Å². The second kappa shape index (κ2) is 4.09. The second-order valence-electron chi connectivity index (χ2n) is 3.96. The van der Waals surface area contributed by atoms with Crippen molar-refractivity contribution in [1.82, 2.24) is 5.32 Å². The Kier molecular flexibility index (Phi) is 2.83. The summed E-state index contributed by atoms with van der Waals surface area (Å²) in [5, 5.41) is 3.49. The Labute approximate surface area is 79.6 Å². The molecule has 0 aromatic rings. The van der Waals surface area contributed by atoms with Crippen molar-refractivity contribution in [3.8, 4) is 0 Å². The molecule has 0 radical (unpaired) electrons. The van der Waals surface area contributed by atoms with Crippen LogP contribution in [0.2, 0.25) is 0 Å². The molecule has 3 nitrogen and oxygen atoms in total. The van der Waals surface area contributed by atoms with Gasteiger partial charge in [0.2, 0.25) is 0 Å². The number of ether oxygens (including phenoxy) is 1. The highest BCUT2D eigenvalue weighted by molar-refractivity contribution is 5.83. The highest BCUT2D eigenvalue weighted by atomic mass is 16.5. The summed E-state index contributed by atoms with van der Waals surface area (Å²) in [5.74, 6) is 1.23. The van der Waals surface area contributed by atoms with Gasteiger partial charge < -0.3 is 10.1 Å². The van der Waals surface area contributed by atoms with Gasteiger partial charge >= 0.3 is 0 Å². The average molecular weight is 182 g/mol. The van der Waals surface area contributed by atoms with E-state index < -0.39 is 0 Å². The fraction of sp³-hybridized carbons (Fsp3) is 0.900. The van der Waals surface area contributed by atoms with Gasteiger partial charge in [0, 0.05) is 26.1 Å². The Balaban J connectivity index is 1.70. The zero-order chi connectivity index (χ0) is 9.10. The number of rotatable bonds is 2. The Morgan fingerprint density at radius 3 is 2.85 bits per heavy atom. The molecular weight excluding hydrogens is 164 g/mol. The summed E-state index contributed by atoms with van der Waals surface area (Å²) in [7, 11) is 1.79. The van der Waals surface area contributed by atoms with Crippen LogP contribution in [0.25, 0.3) is 0 Å². The molecule has 0 amide bonds. The Hall–Kier alpha value is -0.570. The molecule has 0 unspecified atom stereocenters. The number of hydrogen-bond acceptors (Lipinski definition) is 3. The maximum absolute atomic E-state index is 5.23. The van der Waals surface area contributed by atoms with Gasteiger partial charge in [-0.3, -0.25) is 4.99 Å². The van der Waals surface area contributed by atoms with Crippen molar-refractivity contribution in [3.63, 3.8) is 0 Å². The molecule has 2 rings (SSSR count). The van der Waals surface area contributed by atoms with Crippen LogP contribution in [0.1, 0.15) is 32.1 Å². The van der Waals surface area contributed by atoms with Crippen LogP contribution in [-0.4, -0.2) is 31.6 Å². The fourth-order valence-corrected chi connectivity index (χ4v) is 1.93. The highest BCUT2D eigenvalue weighted by Gasteiger charge is 2.29. The minimum atomic E-state index is 0.488. The van der Waals surface area contributed by atoms with Crippen LogP contribution in [-0.2, 0) is 4.74 Å². The highest BCUT2D eigenvalue weighted by Crippen LogP contribution is 2.23. The van der Waals surface area contributed by atoms with Crippen molar-refractivity contribution in [1.29, 1.82) is 0 Å². The number of nitrogens with one attached hydrogen (secondary N) is 1. The molecule has 1 heterocycles. The summed E-state index contributed by atoms with van der Waals surface area (Å²) < 4.78 is 5.23. The van der Waals surface area contributed by atoms with Crippen LogP contribution in [0.4, 0.5) is 0 Å². The summed E-state index contributed by atoms with van der Waals surface area (Å²) >= 11 is 0. The second-order valence-corrected chi connectivity index (χ2v) is 3.96. The van der Waals surface area contributed by atoms with E-state index in [9.17, 15) is 0 Å². The molecule has 0 bridgehead atoms. The van der Waals surface area contributed by atoms with E-state index in [1.54, 1.807) is 7.11 Å². The van der Waals surface area contributed by atoms with Crippen molar-refractivity contribution < 1.29 is 4.74 Å². The molecule has 74 valence electrons. The van der Waals surface area contributed by atoms with Crippen LogP contribution >= 0.6 is 0 Å². The monoisotopic (exact) mass is 182 g/mol. The van der Waals surface area contributed by atoms with Gasteiger partial charge in [0.25, 0.3) is 0 Å². The molecule has 13 heavy (non-hydrogen) atoms. The van der Waals surface area contributed by atoms with E-state index in [4.69, 9.17) is 4.74 Å². The minimum Gasteiger partial charge on any atom is -0.381 e. The molecule has 1 fully saturated rings. The number of hydrogen-bond donors (Lipinski definition) is 1. The third kappa shape index (κ3) is 2.21. The largest absolute Gasteiger partial charge is 0.381 e. The van der Waals surface area contributed by atoms with Crippen LogP contribution in [0.5, 0.6) is 0 Å². The van der Waals surface area contributed by atoms with Gasteiger partial charge in [0.1, 0.15) is 0 Å². The topological polar surface area (TPSA) is 33.6 Å². The first-order valence-corrected chi connectivity index (χ1v) is 5.21. The van der Waals surface area contributed by atoms with Gasteiger partial charge in [-0.25, -0.2) is 0 Å². The molecule has 1 aliphatic carbocycles. The third-order valence-corrected chi connectivity index (χ3v) is 2.92. The van der Waals surface area contributed by atoms with Gasteiger partial charge in [-0.15, -0.1) is 0 Å². The summed E-state index contributed by atoms with van der Waals surface area (Å²) in [6.07, 6.45) is 6.49. The molecule has 3 heteroatoms. The van der Waals surface area contributed by atoms with Crippen molar-refractivity contribution in [3.05, 3.63) is 0 Å². The van der Waals surface area contributed by atoms with Crippen molar-refractivity contribution in [2.75, 3.05) is 13.7 Å². The molecule has 0 atom stereocenters. The maximum Gasteiger partial charge on any atom is 0.0965 e. The minimum absolute atomic E-state index is 0.488. The van der Waals surface area contributed by atoms with E-state index in [-0.39, 0.29) is 0 Å². The van der Waals surface area contributed by atoms with Crippen LogP contribution in [0.15, 0.2) is 4.99 Å². The maximum atomic E-state index is 5.23. The third-order valence-electron chi connectivity index (χ3n) is 2.92. The van der Waals surface area contributed by atoms with E-state index in [1.807, 2.05) is 0 Å². The zero-order valence-electron chi connectivity index (χ0n) is 8.25. The van der Waals surface area contributed by atoms with E-state index in [0.29, 0.717) is 12.1 Å². The molecule has 0 aromatic heterocycles. The van der Waals surface area contributed by atoms with Crippen LogP contribution < -0.4 is 5.32 Å². The van der Waals surface area contributed by atoms with E-state index in [1.165, 1.54) is 18.7 Å². The Bertz CT molecular complexity index is 197. The van der Waals surface area contributed by atoms with Gasteiger partial charge in [-0.05, 0) is 25.7 Å². The predicted octanol–water partition coefficient (Wildman–Crippen LogP) is 1.34. The molecule has 1 saturated carbocycles. The standard InChI is InChI=1S/C10H18N2O/c1-13-9-6-8(7-9)12-10-4-2-3-5-11-10/h8-9H,2-7H2,1H3,(H,11,12). The summed E-state index contributed by atoms with van der Waals surface area (Å²) in [4.78, 5) is 4.47. The Morgan fingerprint density at radius 1 is 1.38 bits per heavy atom. The zero-order valence-corrected chi connectivity index (χ0v) is 8.25. The lowest BCUT2D eigenvalue weighted by molar-refractivity contribution is 0.0224. The van der Waals surface area contributed by atoms with Crippen LogP contribution in [0, 0.1) is 0 Å². The molecular formula is C10H18N2O. The first kappa shape index (κ1) is 9.00. The number of amidine groups is 1. The molecule has 1 N–H and O–H groups in total. The van der Waals surface area contributed by atoms with Crippen molar-refractivity contribution >= 4 is 5.84 Å². The summed E-state index contributed by atoms with van der Waals surface area (Å²) in [6.45, 7) is 1.02. The normalized spacial score (nSPS) is 33.5. The smallest absolute Gasteiger partial charge is 0.0965 e. The molecule has 1 aliphatic heterocycles. The van der Waals surface area contributed by atoms with Crippen molar-refractivity contribution in [2.24, 2.45) is 4.99 Å². The quantitative estimate of drug-likeness (QED) is 0.699. The lowest BCUT2D eigenvalue weighted by atomic mass is 9.89. The fourth-order valence-electron chi connectivity index (χ4n) is 1.93. The molecule has 0 aromatic carbocycles. The average Bonchev–Trinajstić information content (AvgIpc) is 2.12. The summed E-state index contributed by atoms with van der Waals surface area (Å²) in [6, 6.07) is 0.627.